The van der Waals surface area contributed by atoms with Crippen LogP contribution >= 0.6 is 0 Å². The van der Waals surface area contributed by atoms with Crippen LogP contribution in [0, 0.1) is 6.92 Å². The zero-order chi connectivity index (χ0) is 16.0. The number of benzene rings is 1. The lowest BCUT2D eigenvalue weighted by molar-refractivity contribution is -0.134. The molecule has 2 rings (SSSR count). The third-order valence-corrected chi connectivity index (χ3v) is 3.15. The van der Waals surface area contributed by atoms with Crippen molar-refractivity contribution in [3.8, 4) is 0 Å². The fourth-order valence-electron chi connectivity index (χ4n) is 1.90. The molecule has 1 aliphatic carbocycles. The first-order chi connectivity index (χ1) is 9.99. The van der Waals surface area contributed by atoms with Crippen LogP contribution < -0.4 is 4.90 Å². The van der Waals surface area contributed by atoms with Crippen LogP contribution in [0.4, 0.5) is 5.69 Å². The van der Waals surface area contributed by atoms with Gasteiger partial charge < -0.3 is 10.0 Å². The first kappa shape index (κ1) is 17.0. The number of Topliss-reactive ketones (excluding diaryl/α,β-unsaturated/α-hetero) is 1. The van der Waals surface area contributed by atoms with Gasteiger partial charge in [0.2, 0.25) is 0 Å². The van der Waals surface area contributed by atoms with Crippen LogP contribution in [0.3, 0.4) is 0 Å². The van der Waals surface area contributed by atoms with E-state index in [-0.39, 0.29) is 5.57 Å². The number of nitrogens with zero attached hydrogens (tertiary/aromatic N) is 1. The molecule has 1 fully saturated rings. The summed E-state index contributed by atoms with van der Waals surface area (Å²) in [6.07, 6.45) is 3.51. The molecule has 0 aliphatic heterocycles. The molecule has 4 heteroatoms. The average molecular weight is 289 g/mol. The van der Waals surface area contributed by atoms with E-state index in [2.05, 4.69) is 0 Å². The van der Waals surface area contributed by atoms with E-state index in [1.165, 1.54) is 13.1 Å². The number of carboxylic acids is 1. The Morgan fingerprint density at radius 1 is 1.19 bits per heavy atom. The normalized spacial score (nSPS) is 14.0. The van der Waals surface area contributed by atoms with Crippen molar-refractivity contribution in [3.63, 3.8) is 0 Å². The van der Waals surface area contributed by atoms with Gasteiger partial charge in [-0.05, 0) is 38.8 Å². The molecular formula is C17H23NO3. The van der Waals surface area contributed by atoms with Crippen LogP contribution in [-0.2, 0) is 9.59 Å². The van der Waals surface area contributed by atoms with Crippen LogP contribution in [0.25, 0.3) is 0 Å². The van der Waals surface area contributed by atoms with Gasteiger partial charge in [-0.1, -0.05) is 31.5 Å². The Balaban J connectivity index is 0.00000106. The molecule has 1 aromatic rings. The lowest BCUT2D eigenvalue weighted by atomic mass is 10.2. The van der Waals surface area contributed by atoms with Gasteiger partial charge in [0, 0.05) is 17.9 Å². The quantitative estimate of drug-likeness (QED) is 0.511. The minimum absolute atomic E-state index is 0.174. The largest absolute Gasteiger partial charge is 0.478 e. The summed E-state index contributed by atoms with van der Waals surface area (Å²) >= 11 is 0. The monoisotopic (exact) mass is 289 g/mol. The maximum atomic E-state index is 11.4. The number of anilines is 1. The fourth-order valence-corrected chi connectivity index (χ4v) is 1.90. The number of aliphatic carboxylic acids is 1. The number of carbonyl (C=O) groups excluding carboxylic acids is 1. The molecule has 1 aliphatic rings. The van der Waals surface area contributed by atoms with Gasteiger partial charge in [-0.15, -0.1) is 0 Å². The highest BCUT2D eigenvalue weighted by Gasteiger charge is 2.29. The molecule has 1 aromatic carbocycles. The number of ketones is 1. The number of rotatable bonds is 5. The van der Waals surface area contributed by atoms with E-state index in [1.54, 1.807) is 0 Å². The molecule has 0 spiro atoms. The molecule has 0 heterocycles. The van der Waals surface area contributed by atoms with Gasteiger partial charge >= 0.3 is 5.97 Å². The summed E-state index contributed by atoms with van der Waals surface area (Å²) in [5, 5.41) is 9.07. The fraction of sp³-hybridized carbons (Fsp3) is 0.412. The van der Waals surface area contributed by atoms with E-state index in [0.29, 0.717) is 6.04 Å². The van der Waals surface area contributed by atoms with Crippen molar-refractivity contribution in [2.45, 2.75) is 46.6 Å². The van der Waals surface area contributed by atoms with E-state index in [9.17, 15) is 9.59 Å². The lowest BCUT2D eigenvalue weighted by Gasteiger charge is -2.21. The molecule has 0 bridgehead atoms. The Bertz CT molecular complexity index is 511. The average Bonchev–Trinajstić information content (AvgIpc) is 3.27. The van der Waals surface area contributed by atoms with Crippen LogP contribution in [0.2, 0.25) is 0 Å². The minimum Gasteiger partial charge on any atom is -0.478 e. The molecule has 1 N–H and O–H groups in total. The van der Waals surface area contributed by atoms with Crippen molar-refractivity contribution in [1.29, 1.82) is 0 Å². The molecule has 0 saturated heterocycles. The number of aryl methyl sites for hydroxylation is 1. The summed E-state index contributed by atoms with van der Waals surface area (Å²) in [6.45, 7) is 7.28. The van der Waals surface area contributed by atoms with Crippen molar-refractivity contribution in [3.05, 3.63) is 41.6 Å². The van der Waals surface area contributed by atoms with Crippen LogP contribution in [0.1, 0.15) is 39.2 Å². The first-order valence-electron chi connectivity index (χ1n) is 7.30. The number of carboxylic acid groups (broad SMARTS) is 1. The molecule has 1 saturated carbocycles. The second-order valence-electron chi connectivity index (χ2n) is 4.88. The Morgan fingerprint density at radius 2 is 1.71 bits per heavy atom. The van der Waals surface area contributed by atoms with Crippen molar-refractivity contribution in [2.24, 2.45) is 0 Å². The van der Waals surface area contributed by atoms with E-state index in [1.807, 2.05) is 49.9 Å². The SMILES string of the molecule is CC.CC(=O)/C(=C\N(c1ccc(C)cc1)C1CC1)C(=O)O. The van der Waals surface area contributed by atoms with Gasteiger partial charge in [-0.25, -0.2) is 4.79 Å². The second kappa shape index (κ2) is 7.62. The third kappa shape index (κ3) is 4.74. The predicted octanol–water partition coefficient (Wildman–Crippen LogP) is 3.55. The zero-order valence-corrected chi connectivity index (χ0v) is 13.1. The number of hydrogen-bond donors (Lipinski definition) is 1. The van der Waals surface area contributed by atoms with Gasteiger partial charge in [0.15, 0.2) is 5.78 Å². The number of carbonyl (C=O) groups is 2. The standard InChI is InChI=1S/C15H17NO3.C2H6/c1-10-3-5-12(6-4-10)16(13-7-8-13)9-14(11(2)17)15(18)19;1-2/h3-6,9,13H,7-8H2,1-2H3,(H,18,19);1-2H3/b14-9+;. The Labute approximate surface area is 126 Å². The molecule has 0 unspecified atom stereocenters. The highest BCUT2D eigenvalue weighted by molar-refractivity contribution is 6.15. The van der Waals surface area contributed by atoms with Crippen molar-refractivity contribution in [2.75, 3.05) is 4.90 Å². The molecule has 114 valence electrons. The van der Waals surface area contributed by atoms with Gasteiger partial charge in [-0.2, -0.15) is 0 Å². The van der Waals surface area contributed by atoms with E-state index in [4.69, 9.17) is 5.11 Å². The van der Waals surface area contributed by atoms with Crippen molar-refractivity contribution < 1.29 is 14.7 Å². The van der Waals surface area contributed by atoms with Gasteiger partial charge in [0.1, 0.15) is 5.57 Å². The zero-order valence-electron chi connectivity index (χ0n) is 13.1. The summed E-state index contributed by atoms with van der Waals surface area (Å²) < 4.78 is 0. The maximum Gasteiger partial charge on any atom is 0.340 e. The second-order valence-corrected chi connectivity index (χ2v) is 4.88. The predicted molar refractivity (Wildman–Crippen MR) is 84.4 cm³/mol. The number of hydrogen-bond acceptors (Lipinski definition) is 3. The Kier molecular flexibility index (Phi) is 6.15. The molecule has 0 aromatic heterocycles. The van der Waals surface area contributed by atoms with Crippen molar-refractivity contribution in [1.82, 2.24) is 0 Å². The summed E-state index contributed by atoms with van der Waals surface area (Å²) in [4.78, 5) is 24.4. The molecular weight excluding hydrogens is 266 g/mol. The first-order valence-corrected chi connectivity index (χ1v) is 7.30. The van der Waals surface area contributed by atoms with Crippen molar-refractivity contribution >= 4 is 17.4 Å². The van der Waals surface area contributed by atoms with E-state index >= 15 is 0 Å². The topological polar surface area (TPSA) is 57.6 Å². The molecule has 0 atom stereocenters. The summed E-state index contributed by atoms with van der Waals surface area (Å²) in [7, 11) is 0. The highest BCUT2D eigenvalue weighted by Crippen LogP contribution is 2.32. The Morgan fingerprint density at radius 3 is 2.10 bits per heavy atom. The smallest absolute Gasteiger partial charge is 0.340 e. The van der Waals surface area contributed by atoms with Crippen LogP contribution in [-0.4, -0.2) is 22.9 Å². The molecule has 21 heavy (non-hydrogen) atoms. The molecule has 0 radical (unpaired) electrons. The molecule has 0 amide bonds. The van der Waals surface area contributed by atoms with E-state index < -0.39 is 11.8 Å². The summed E-state index contributed by atoms with van der Waals surface area (Å²) in [6, 6.07) is 8.16. The van der Waals surface area contributed by atoms with E-state index in [0.717, 1.165) is 24.1 Å². The van der Waals surface area contributed by atoms with Gasteiger partial charge in [0.25, 0.3) is 0 Å². The Hall–Kier alpha value is -2.10. The highest BCUT2D eigenvalue weighted by atomic mass is 16.4. The summed E-state index contributed by atoms with van der Waals surface area (Å²) in [5.74, 6) is -1.60. The summed E-state index contributed by atoms with van der Waals surface area (Å²) in [5.41, 5.74) is 1.90. The molecule has 4 nitrogen and oxygen atoms in total. The van der Waals surface area contributed by atoms with Crippen LogP contribution in [0.15, 0.2) is 36.0 Å². The third-order valence-electron chi connectivity index (χ3n) is 3.15. The minimum atomic E-state index is -1.18. The lowest BCUT2D eigenvalue weighted by Crippen LogP contribution is -2.22. The van der Waals surface area contributed by atoms with Gasteiger partial charge in [-0.3, -0.25) is 4.79 Å². The van der Waals surface area contributed by atoms with Gasteiger partial charge in [0.05, 0.1) is 0 Å². The maximum absolute atomic E-state index is 11.4. The van der Waals surface area contributed by atoms with Crippen LogP contribution in [0.5, 0.6) is 0 Å².